The van der Waals surface area contributed by atoms with E-state index in [1.807, 2.05) is 103 Å². The fourth-order valence-corrected chi connectivity index (χ4v) is 9.30. The van der Waals surface area contributed by atoms with E-state index in [-0.39, 0.29) is 43.3 Å². The minimum absolute atomic E-state index is 0.00439. The molecule has 4 aliphatic rings. The Balaban J connectivity index is 1.04. The average molecular weight is 787 g/mol. The van der Waals surface area contributed by atoms with Crippen LogP contribution in [0.5, 0.6) is 0 Å². The lowest BCUT2D eigenvalue weighted by molar-refractivity contribution is -0.139. The van der Waals surface area contributed by atoms with Gasteiger partial charge in [0.05, 0.1) is 36.3 Å². The quantitative estimate of drug-likeness (QED) is 0.153. The Bertz CT molecular complexity index is 2530. The number of nitrogens with zero attached hydrogens (tertiary/aromatic N) is 4. The highest BCUT2D eigenvalue weighted by Gasteiger charge is 2.53. The van der Waals surface area contributed by atoms with Crippen molar-refractivity contribution in [2.24, 2.45) is 5.92 Å². The van der Waals surface area contributed by atoms with Crippen LogP contribution in [-0.2, 0) is 57.1 Å². The molecule has 2 N–H and O–H groups in total. The number of anilines is 5. The van der Waals surface area contributed by atoms with Gasteiger partial charge in [-0.3, -0.25) is 29.0 Å². The first-order valence-electron chi connectivity index (χ1n) is 20.4. The van der Waals surface area contributed by atoms with Gasteiger partial charge in [0.2, 0.25) is 17.7 Å². The number of aliphatic hydroxyl groups is 2. The van der Waals surface area contributed by atoms with Gasteiger partial charge in [-0.15, -0.1) is 0 Å². The molecule has 3 atom stereocenters. The van der Waals surface area contributed by atoms with Gasteiger partial charge in [-0.1, -0.05) is 91.9 Å². The van der Waals surface area contributed by atoms with Gasteiger partial charge >= 0.3 is 0 Å². The third kappa shape index (κ3) is 6.72. The molecule has 0 saturated carbocycles. The molecular formula is C49H46N4O6. The molecule has 4 aliphatic heterocycles. The van der Waals surface area contributed by atoms with Crippen LogP contribution in [0.15, 0.2) is 127 Å². The zero-order valence-electron chi connectivity index (χ0n) is 33.0. The zero-order valence-corrected chi connectivity index (χ0v) is 33.0. The number of para-hydroxylation sites is 2. The van der Waals surface area contributed by atoms with E-state index in [4.69, 9.17) is 0 Å². The summed E-state index contributed by atoms with van der Waals surface area (Å²) in [5.41, 5.74) is 6.76. The van der Waals surface area contributed by atoms with E-state index in [9.17, 15) is 29.4 Å². The predicted molar refractivity (Wildman–Crippen MR) is 226 cm³/mol. The lowest BCUT2D eigenvalue weighted by Crippen LogP contribution is -2.46. The monoisotopic (exact) mass is 786 g/mol. The molecule has 0 bridgehead atoms. The highest BCUT2D eigenvalue weighted by molar-refractivity contribution is 6.09. The maximum Gasteiger partial charge on any atom is 0.264 e. The summed E-state index contributed by atoms with van der Waals surface area (Å²) in [5, 5.41) is 23.0. The van der Waals surface area contributed by atoms with Gasteiger partial charge in [-0.25, -0.2) is 0 Å². The van der Waals surface area contributed by atoms with Gasteiger partial charge in [-0.2, -0.15) is 0 Å². The van der Waals surface area contributed by atoms with Crippen molar-refractivity contribution in [1.29, 1.82) is 0 Å². The number of fused-ring (bicyclic) bond motifs is 4. The number of benzene rings is 5. The summed E-state index contributed by atoms with van der Waals surface area (Å²) in [6, 6.07) is 36.2. The van der Waals surface area contributed by atoms with Gasteiger partial charge in [0.15, 0.2) is 5.60 Å². The van der Waals surface area contributed by atoms with Crippen LogP contribution in [0.2, 0.25) is 0 Å². The summed E-state index contributed by atoms with van der Waals surface area (Å²) >= 11 is 0. The van der Waals surface area contributed by atoms with Crippen molar-refractivity contribution in [1.82, 2.24) is 4.90 Å². The Labute approximate surface area is 343 Å². The van der Waals surface area contributed by atoms with E-state index in [0.717, 1.165) is 39.2 Å². The summed E-state index contributed by atoms with van der Waals surface area (Å²) in [5.74, 6) is -1.55. The molecule has 59 heavy (non-hydrogen) atoms. The van der Waals surface area contributed by atoms with E-state index >= 15 is 0 Å². The molecule has 5 aromatic carbocycles. The second-order valence-corrected chi connectivity index (χ2v) is 16.0. The molecule has 0 saturated heterocycles. The van der Waals surface area contributed by atoms with E-state index in [0.29, 0.717) is 61.3 Å². The molecule has 0 radical (unpaired) electrons. The number of hydrogen-bond donors (Lipinski definition) is 2. The maximum atomic E-state index is 14.8. The van der Waals surface area contributed by atoms with Crippen LogP contribution in [0.25, 0.3) is 0 Å². The van der Waals surface area contributed by atoms with E-state index in [2.05, 4.69) is 0 Å². The normalized spacial score (nSPS) is 20.4. The second-order valence-electron chi connectivity index (χ2n) is 16.0. The number of carbonyl (C=O) groups is 4. The summed E-state index contributed by atoms with van der Waals surface area (Å²) < 4.78 is 0. The average Bonchev–Trinajstić information content (AvgIpc) is 3.47. The first-order chi connectivity index (χ1) is 28.6. The molecule has 0 fully saturated rings. The van der Waals surface area contributed by atoms with Crippen LogP contribution in [0, 0.1) is 5.92 Å². The summed E-state index contributed by atoms with van der Waals surface area (Å²) in [7, 11) is 0. The van der Waals surface area contributed by atoms with Crippen molar-refractivity contribution in [2.45, 2.75) is 70.2 Å². The Kier molecular flexibility index (Phi) is 9.98. The highest BCUT2D eigenvalue weighted by atomic mass is 16.3. The van der Waals surface area contributed by atoms with Crippen molar-refractivity contribution in [2.75, 3.05) is 21.3 Å². The number of rotatable bonds is 9. The molecule has 4 heterocycles. The van der Waals surface area contributed by atoms with Crippen LogP contribution in [0.4, 0.5) is 28.4 Å². The van der Waals surface area contributed by atoms with Gasteiger partial charge in [0.25, 0.3) is 5.91 Å². The molecule has 0 spiro atoms. The van der Waals surface area contributed by atoms with Gasteiger partial charge in [0, 0.05) is 48.7 Å². The second kappa shape index (κ2) is 15.4. The fourth-order valence-electron chi connectivity index (χ4n) is 9.30. The molecule has 10 nitrogen and oxygen atoms in total. The van der Waals surface area contributed by atoms with Crippen molar-refractivity contribution >= 4 is 52.1 Å². The first-order valence-corrected chi connectivity index (χ1v) is 20.4. The number of aryl methyl sites for hydroxylation is 2. The van der Waals surface area contributed by atoms with E-state index < -0.39 is 17.4 Å². The standard InChI is InChI=1S/C49H46N4O6/c1-32(10-8-19-45(55)50-30-37-15-3-2-14-36(37)27-40(50)31-54)49(59)41-28-39(53-43-18-7-5-13-35(43)21-25-47(53)57)22-23-44(41)51(48(49)58)29-33-11-9-16-38(26-33)52-42-17-6-4-12-34(42)20-24-46(52)56/h2-18,22-23,26,28,32,40,54,59H,19-21,24-25,27,29-31H2,1H3/b10-8+/t32-,40-,49+/m0/s1. The predicted octanol–water partition coefficient (Wildman–Crippen LogP) is 7.17. The molecule has 0 aromatic heterocycles. The molecule has 5 aromatic rings. The van der Waals surface area contributed by atoms with Gasteiger partial charge in [-0.05, 0) is 89.5 Å². The van der Waals surface area contributed by atoms with Crippen LogP contribution in [0.1, 0.15) is 59.6 Å². The van der Waals surface area contributed by atoms with Gasteiger partial charge in [0.1, 0.15) is 0 Å². The lowest BCUT2D eigenvalue weighted by Gasteiger charge is -2.36. The smallest absolute Gasteiger partial charge is 0.264 e. The Morgan fingerprint density at radius 1 is 0.729 bits per heavy atom. The van der Waals surface area contributed by atoms with Crippen LogP contribution in [0.3, 0.4) is 0 Å². The van der Waals surface area contributed by atoms with Crippen LogP contribution >= 0.6 is 0 Å². The van der Waals surface area contributed by atoms with Crippen molar-refractivity contribution in [3.63, 3.8) is 0 Å². The number of aliphatic hydroxyl groups excluding tert-OH is 1. The molecule has 0 aliphatic carbocycles. The van der Waals surface area contributed by atoms with Gasteiger partial charge < -0.3 is 20.0 Å². The van der Waals surface area contributed by atoms with Crippen molar-refractivity contribution in [3.05, 3.63) is 161 Å². The fraction of sp³-hybridized carbons (Fsp3) is 0.265. The van der Waals surface area contributed by atoms with E-state index in [1.165, 1.54) is 0 Å². The Morgan fingerprint density at radius 2 is 1.34 bits per heavy atom. The Hall–Kier alpha value is -6.36. The number of amides is 4. The zero-order chi connectivity index (χ0) is 40.8. The highest BCUT2D eigenvalue weighted by Crippen LogP contribution is 2.49. The molecule has 4 amide bonds. The number of hydrogen-bond acceptors (Lipinski definition) is 6. The lowest BCUT2D eigenvalue weighted by atomic mass is 9.82. The van der Waals surface area contributed by atoms with Crippen LogP contribution < -0.4 is 14.7 Å². The third-order valence-electron chi connectivity index (χ3n) is 12.5. The van der Waals surface area contributed by atoms with E-state index in [1.54, 1.807) is 50.8 Å². The third-order valence-corrected chi connectivity index (χ3v) is 12.5. The number of carbonyl (C=O) groups excluding carboxylic acids is 4. The van der Waals surface area contributed by atoms with Crippen molar-refractivity contribution < 1.29 is 29.4 Å². The van der Waals surface area contributed by atoms with Crippen LogP contribution in [-0.4, -0.2) is 51.4 Å². The minimum atomic E-state index is -2.04. The first kappa shape index (κ1) is 38.2. The topological polar surface area (TPSA) is 122 Å². The molecular weight excluding hydrogens is 741 g/mol. The summed E-state index contributed by atoms with van der Waals surface area (Å²) in [6.45, 7) is 2.12. The van der Waals surface area contributed by atoms with Crippen molar-refractivity contribution in [3.8, 4) is 0 Å². The molecule has 298 valence electrons. The Morgan fingerprint density at radius 3 is 2.00 bits per heavy atom. The molecule has 9 rings (SSSR count). The molecule has 0 unspecified atom stereocenters. The summed E-state index contributed by atoms with van der Waals surface area (Å²) in [6.07, 6.45) is 6.02. The SMILES string of the molecule is C[C@@H](/C=C/CC(=O)N1Cc2ccccc2C[C@H]1CO)[C@]1(O)C(=O)N(Cc2cccc(N3C(=O)CCc4ccccc43)c2)c2ccc(N3C(=O)CCc4ccccc43)cc21. The minimum Gasteiger partial charge on any atom is -0.394 e. The largest absolute Gasteiger partial charge is 0.394 e. The molecule has 10 heteroatoms. The summed E-state index contributed by atoms with van der Waals surface area (Å²) in [4.78, 5) is 62.0. The maximum absolute atomic E-state index is 14.8.